The van der Waals surface area contributed by atoms with Crippen LogP contribution in [0.25, 0.3) is 0 Å². The average Bonchev–Trinajstić information content (AvgIpc) is 3.01. The minimum Gasteiger partial charge on any atom is -0.369 e. The van der Waals surface area contributed by atoms with Crippen molar-refractivity contribution in [2.24, 2.45) is 5.73 Å². The second-order valence-corrected chi connectivity index (χ2v) is 8.95. The van der Waals surface area contributed by atoms with Gasteiger partial charge in [-0.3, -0.25) is 19.7 Å². The van der Waals surface area contributed by atoms with Crippen LogP contribution < -0.4 is 11.1 Å². The zero-order valence-corrected chi connectivity index (χ0v) is 16.4. The lowest BCUT2D eigenvalue weighted by atomic mass is 10.2. The van der Waals surface area contributed by atoms with E-state index < -0.39 is 16.1 Å². The van der Waals surface area contributed by atoms with Crippen LogP contribution in [0.4, 0.5) is 11.4 Å². The minimum atomic E-state index is -0.570. The average molecular weight is 434 g/mol. The number of carbonyl (C=O) groups is 2. The third-order valence-electron chi connectivity index (χ3n) is 2.79. The molecule has 0 spiro atoms. The largest absolute Gasteiger partial charge is 0.369 e. The fourth-order valence-corrected chi connectivity index (χ4v) is 4.72. The summed E-state index contributed by atoms with van der Waals surface area (Å²) in [6.07, 6.45) is 0. The second kappa shape index (κ2) is 9.16. The van der Waals surface area contributed by atoms with Gasteiger partial charge in [0.25, 0.3) is 5.69 Å². The van der Waals surface area contributed by atoms with Gasteiger partial charge >= 0.3 is 0 Å². The number of hydrogen-bond acceptors (Lipinski definition) is 9. The Morgan fingerprint density at radius 2 is 2.12 bits per heavy atom. The summed E-state index contributed by atoms with van der Waals surface area (Å²) in [5.41, 5.74) is 5.19. The van der Waals surface area contributed by atoms with Gasteiger partial charge in [0.2, 0.25) is 11.8 Å². The van der Waals surface area contributed by atoms with Crippen LogP contribution in [-0.4, -0.2) is 37.9 Å². The standard InChI is InChI=1S/C13H12ClN5O4S3/c1-6(25-13-18-17-12(26-13)24-5-10(15)20)11(21)16-9-3-2-7(19(22)23)4-8(9)14/h2-4,6H,5H2,1H3,(H2,15,20)(H,16,21). The highest BCUT2D eigenvalue weighted by Crippen LogP contribution is 2.32. The maximum Gasteiger partial charge on any atom is 0.271 e. The highest BCUT2D eigenvalue weighted by Gasteiger charge is 2.19. The molecule has 1 aromatic heterocycles. The summed E-state index contributed by atoms with van der Waals surface area (Å²) in [6, 6.07) is 3.80. The van der Waals surface area contributed by atoms with E-state index in [0.717, 1.165) is 0 Å². The van der Waals surface area contributed by atoms with Crippen molar-refractivity contribution in [2.75, 3.05) is 11.1 Å². The van der Waals surface area contributed by atoms with Gasteiger partial charge in [-0.05, 0) is 13.0 Å². The van der Waals surface area contributed by atoms with Crippen LogP contribution in [0.15, 0.2) is 26.9 Å². The van der Waals surface area contributed by atoms with Crippen molar-refractivity contribution in [1.82, 2.24) is 10.2 Å². The first-order chi connectivity index (χ1) is 12.3. The van der Waals surface area contributed by atoms with Crippen LogP contribution in [0.2, 0.25) is 5.02 Å². The Morgan fingerprint density at radius 3 is 2.73 bits per heavy atom. The molecule has 0 fully saturated rings. The van der Waals surface area contributed by atoms with Crippen molar-refractivity contribution < 1.29 is 14.5 Å². The van der Waals surface area contributed by atoms with Crippen LogP contribution in [0, 0.1) is 10.1 Å². The van der Waals surface area contributed by atoms with Gasteiger partial charge < -0.3 is 11.1 Å². The Kier molecular flexibility index (Phi) is 7.20. The van der Waals surface area contributed by atoms with Crippen molar-refractivity contribution in [3.05, 3.63) is 33.3 Å². The number of nitrogens with one attached hydrogen (secondary N) is 1. The lowest BCUT2D eigenvalue weighted by Gasteiger charge is -2.11. The number of nitrogens with two attached hydrogens (primary N) is 1. The molecule has 26 heavy (non-hydrogen) atoms. The number of halogens is 1. The number of non-ortho nitro benzene ring substituents is 1. The summed E-state index contributed by atoms with van der Waals surface area (Å²) in [5, 5.41) is 20.7. The van der Waals surface area contributed by atoms with E-state index in [1.54, 1.807) is 6.92 Å². The normalized spacial score (nSPS) is 11.8. The van der Waals surface area contributed by atoms with E-state index in [-0.39, 0.29) is 28.1 Å². The molecule has 1 unspecified atom stereocenters. The quantitative estimate of drug-likeness (QED) is 0.367. The van der Waals surface area contributed by atoms with E-state index >= 15 is 0 Å². The van der Waals surface area contributed by atoms with Gasteiger partial charge in [-0.1, -0.05) is 46.5 Å². The Bertz CT molecular complexity index is 847. The molecule has 1 atom stereocenters. The van der Waals surface area contributed by atoms with Gasteiger partial charge in [0.05, 0.1) is 26.6 Å². The van der Waals surface area contributed by atoms with E-state index in [9.17, 15) is 19.7 Å². The molecule has 0 aliphatic carbocycles. The summed E-state index contributed by atoms with van der Waals surface area (Å²) in [6.45, 7) is 1.68. The molecule has 0 bridgehead atoms. The summed E-state index contributed by atoms with van der Waals surface area (Å²) < 4.78 is 1.15. The van der Waals surface area contributed by atoms with Crippen molar-refractivity contribution in [1.29, 1.82) is 0 Å². The van der Waals surface area contributed by atoms with E-state index in [4.69, 9.17) is 17.3 Å². The number of carbonyl (C=O) groups excluding carboxylic acids is 2. The summed E-state index contributed by atoms with van der Waals surface area (Å²) >= 11 is 9.58. The molecule has 1 heterocycles. The van der Waals surface area contributed by atoms with Crippen LogP contribution in [0.3, 0.4) is 0 Å². The molecule has 13 heteroatoms. The van der Waals surface area contributed by atoms with E-state index in [2.05, 4.69) is 15.5 Å². The fraction of sp³-hybridized carbons (Fsp3) is 0.231. The van der Waals surface area contributed by atoms with Gasteiger partial charge in [0.15, 0.2) is 8.68 Å². The third-order valence-corrected chi connectivity index (χ3v) is 6.37. The Hall–Kier alpha value is -1.89. The Balaban J connectivity index is 1.95. The highest BCUT2D eigenvalue weighted by molar-refractivity contribution is 8.04. The number of nitrogens with zero attached hydrogens (tertiary/aromatic N) is 3. The SMILES string of the molecule is CC(Sc1nnc(SCC(N)=O)s1)C(=O)Nc1ccc([N+](=O)[O-])cc1Cl. The summed E-state index contributed by atoms with van der Waals surface area (Å²) in [7, 11) is 0. The first kappa shape index (κ1) is 20.4. The van der Waals surface area contributed by atoms with Gasteiger partial charge in [-0.2, -0.15) is 0 Å². The van der Waals surface area contributed by atoms with Gasteiger partial charge in [-0.15, -0.1) is 10.2 Å². The van der Waals surface area contributed by atoms with Crippen LogP contribution in [-0.2, 0) is 9.59 Å². The molecule has 2 aromatic rings. The molecule has 9 nitrogen and oxygen atoms in total. The number of aromatic nitrogens is 2. The molecule has 0 aliphatic rings. The molecule has 2 rings (SSSR count). The first-order valence-corrected chi connectivity index (χ1v) is 9.98. The van der Waals surface area contributed by atoms with Crippen molar-refractivity contribution in [3.8, 4) is 0 Å². The van der Waals surface area contributed by atoms with E-state index in [0.29, 0.717) is 8.68 Å². The third kappa shape index (κ3) is 5.83. The number of rotatable bonds is 8. The molecule has 138 valence electrons. The molecule has 1 aromatic carbocycles. The topological polar surface area (TPSA) is 141 Å². The molecular weight excluding hydrogens is 422 g/mol. The van der Waals surface area contributed by atoms with Crippen molar-refractivity contribution in [2.45, 2.75) is 20.9 Å². The smallest absolute Gasteiger partial charge is 0.271 e. The lowest BCUT2D eigenvalue weighted by Crippen LogP contribution is -2.22. The van der Waals surface area contributed by atoms with Gasteiger partial charge in [0.1, 0.15) is 0 Å². The second-order valence-electron chi connectivity index (χ2n) is 4.76. The molecule has 0 aliphatic heterocycles. The number of benzene rings is 1. The summed E-state index contributed by atoms with van der Waals surface area (Å²) in [5.74, 6) is -0.687. The zero-order chi connectivity index (χ0) is 19.3. The predicted octanol–water partition coefficient (Wildman–Crippen LogP) is 2.80. The Morgan fingerprint density at radius 1 is 1.42 bits per heavy atom. The number of hydrogen-bond donors (Lipinski definition) is 2. The zero-order valence-electron chi connectivity index (χ0n) is 13.2. The highest BCUT2D eigenvalue weighted by atomic mass is 35.5. The van der Waals surface area contributed by atoms with Crippen LogP contribution >= 0.6 is 46.5 Å². The molecule has 2 amide bonds. The minimum absolute atomic E-state index is 0.0748. The number of primary amides is 1. The number of amides is 2. The monoisotopic (exact) mass is 433 g/mol. The molecule has 3 N–H and O–H groups in total. The van der Waals surface area contributed by atoms with Crippen molar-refractivity contribution in [3.63, 3.8) is 0 Å². The van der Waals surface area contributed by atoms with Gasteiger partial charge in [0, 0.05) is 12.1 Å². The molecule has 0 saturated heterocycles. The molecule has 0 radical (unpaired) electrons. The predicted molar refractivity (Wildman–Crippen MR) is 102 cm³/mol. The number of anilines is 1. The number of nitro groups is 1. The van der Waals surface area contributed by atoms with E-state index in [1.807, 2.05) is 0 Å². The van der Waals surface area contributed by atoms with Gasteiger partial charge in [-0.25, -0.2) is 0 Å². The maximum absolute atomic E-state index is 12.3. The number of thioether (sulfide) groups is 2. The first-order valence-electron chi connectivity index (χ1n) is 6.92. The maximum atomic E-state index is 12.3. The van der Waals surface area contributed by atoms with E-state index in [1.165, 1.54) is 53.1 Å². The van der Waals surface area contributed by atoms with Crippen LogP contribution in [0.5, 0.6) is 0 Å². The fourth-order valence-electron chi connectivity index (χ4n) is 1.59. The van der Waals surface area contributed by atoms with Crippen LogP contribution in [0.1, 0.15) is 6.92 Å². The summed E-state index contributed by atoms with van der Waals surface area (Å²) in [4.78, 5) is 33.2. The molecular formula is C13H12ClN5O4S3. The lowest BCUT2D eigenvalue weighted by molar-refractivity contribution is -0.384. The number of nitro benzene ring substituents is 1. The molecule has 0 saturated carbocycles. The van der Waals surface area contributed by atoms with Crippen molar-refractivity contribution >= 4 is 69.7 Å². The Labute approximate surface area is 165 Å².